The van der Waals surface area contributed by atoms with Gasteiger partial charge in [-0.15, -0.1) is 13.2 Å². The maximum atomic E-state index is 6.08. The summed E-state index contributed by atoms with van der Waals surface area (Å²) in [5, 5.41) is 11.6. The predicted molar refractivity (Wildman–Crippen MR) is 346 cm³/mol. The first-order chi connectivity index (χ1) is 36.4. The summed E-state index contributed by atoms with van der Waals surface area (Å²) in [7, 11) is 3.74. The fourth-order valence-corrected chi connectivity index (χ4v) is 13.4. The van der Waals surface area contributed by atoms with Gasteiger partial charge in [-0.1, -0.05) is 326 Å². The van der Waals surface area contributed by atoms with Crippen LogP contribution in [0.4, 0.5) is 0 Å². The molecule has 0 aliphatic carbocycles. The summed E-state index contributed by atoms with van der Waals surface area (Å²) in [6.07, 6.45) is 13.7. The third-order valence-corrected chi connectivity index (χ3v) is 17.7. The minimum absolute atomic E-state index is 0. The van der Waals surface area contributed by atoms with Gasteiger partial charge in [0.15, 0.2) is 0 Å². The largest absolute Gasteiger partial charge is 0.103 e. The maximum absolute atomic E-state index is 6.08. The third kappa shape index (κ3) is 36.0. The molecule has 0 spiro atoms. The topological polar surface area (TPSA) is 0 Å². The fourth-order valence-electron chi connectivity index (χ4n) is 6.30. The summed E-state index contributed by atoms with van der Waals surface area (Å²) in [5.41, 5.74) is 0. The third-order valence-electron chi connectivity index (χ3n) is 9.99. The molecule has 0 saturated heterocycles. The first-order valence-corrected chi connectivity index (χ1v) is 30.5. The number of benzene rings is 8. The Morgan fingerprint density at radius 3 is 0.676 bits per heavy atom. The van der Waals surface area contributed by atoms with Gasteiger partial charge >= 0.3 is 0 Å². The van der Waals surface area contributed by atoms with Gasteiger partial charge in [-0.05, 0) is 99.0 Å². The first kappa shape index (κ1) is 69.9. The van der Waals surface area contributed by atoms with Crippen LogP contribution in [-0.4, -0.2) is 30.6 Å². The SMILES string of the molecule is C=CCC.C=CCC.CCCCP(c1ccccc1)c1ccccc1.CCCCP(c1ccccc1)c1ccccc1.[3H][B]C.[3H][B]C.[Ce].[Ce].c1ccc(Pc2ccccc2)cc1.c1ccc(Pc2ccccc2)cc1. The van der Waals surface area contributed by atoms with Gasteiger partial charge < -0.3 is 0 Å². The average molecular weight is 1310 g/mol. The molecule has 0 heterocycles. The Bertz CT molecular complexity index is 2090. The van der Waals surface area contributed by atoms with E-state index in [1.165, 1.54) is 96.1 Å². The summed E-state index contributed by atoms with van der Waals surface area (Å²) >= 11 is 0. The Kier molecular flexibility index (Phi) is 51.2. The van der Waals surface area contributed by atoms with Crippen LogP contribution < -0.4 is 42.4 Å². The maximum Gasteiger partial charge on any atom is 0.0823 e. The molecule has 0 aromatic heterocycles. The summed E-state index contributed by atoms with van der Waals surface area (Å²) in [6, 6.07) is 86.1. The Balaban J connectivity index is 0. The van der Waals surface area contributed by atoms with Gasteiger partial charge in [0.05, 0.1) is 15.6 Å². The molecule has 0 N–H and O–H groups in total. The van der Waals surface area contributed by atoms with Crippen LogP contribution in [0, 0.1) is 83.5 Å². The molecule has 0 nitrogen and oxygen atoms in total. The van der Waals surface area contributed by atoms with Crippen LogP contribution in [-0.2, 0) is 0 Å². The summed E-state index contributed by atoms with van der Waals surface area (Å²) < 4.78 is 12.2. The van der Waals surface area contributed by atoms with Crippen LogP contribution >= 0.6 is 33.0 Å². The van der Waals surface area contributed by atoms with Crippen molar-refractivity contribution in [2.75, 3.05) is 12.3 Å². The molecule has 0 aliphatic heterocycles. The second-order valence-electron chi connectivity index (χ2n) is 15.5. The molecule has 8 aromatic rings. The predicted octanol–water partition coefficient (Wildman–Crippen LogP) is 15.5. The van der Waals surface area contributed by atoms with Gasteiger partial charge in [0, 0.05) is 83.5 Å². The van der Waals surface area contributed by atoms with Gasteiger partial charge in [0.2, 0.25) is 0 Å². The molecular weight excluding hydrogens is 1220 g/mol. The molecule has 2 radical (unpaired) electrons. The molecule has 0 unspecified atom stereocenters. The Labute approximate surface area is 531 Å². The van der Waals surface area contributed by atoms with E-state index in [2.05, 4.69) is 284 Å². The monoisotopic (exact) mass is 1310 g/mol. The Morgan fingerprint density at radius 2 is 0.527 bits per heavy atom. The van der Waals surface area contributed by atoms with Crippen molar-refractivity contribution in [2.45, 2.75) is 79.9 Å². The van der Waals surface area contributed by atoms with Crippen LogP contribution in [0.1, 0.15) is 66.2 Å². The Hall–Kier alpha value is -2.16. The van der Waals surface area contributed by atoms with Crippen LogP contribution in [0.25, 0.3) is 0 Å². The van der Waals surface area contributed by atoms with Crippen molar-refractivity contribution in [3.05, 3.63) is 268 Å². The van der Waals surface area contributed by atoms with Crippen LogP contribution in [0.2, 0.25) is 13.6 Å². The van der Waals surface area contributed by atoms with Crippen molar-refractivity contribution in [2.24, 2.45) is 0 Å². The summed E-state index contributed by atoms with van der Waals surface area (Å²) in [6.45, 7) is 19.0. The van der Waals surface area contributed by atoms with Gasteiger partial charge in [0.1, 0.15) is 0 Å². The van der Waals surface area contributed by atoms with E-state index in [1.54, 1.807) is 13.6 Å². The van der Waals surface area contributed by atoms with Gasteiger partial charge in [-0.2, -0.15) is 0 Å². The number of allylic oxidation sites excluding steroid dienone is 2. The van der Waals surface area contributed by atoms with E-state index in [9.17, 15) is 0 Å². The van der Waals surface area contributed by atoms with Gasteiger partial charge in [-0.3, -0.25) is 0 Å². The van der Waals surface area contributed by atoms with E-state index in [0.717, 1.165) is 30.0 Å². The minimum atomic E-state index is -0.157. The molecule has 0 aliphatic rings. The fraction of sp³-hybridized carbons (Fsp3) is 0.212. The number of rotatable bonds is 16. The van der Waals surface area contributed by atoms with Crippen LogP contribution in [0.3, 0.4) is 0 Å². The van der Waals surface area contributed by atoms with E-state index >= 15 is 0 Å². The molecule has 0 bridgehead atoms. The van der Waals surface area contributed by atoms with Crippen LogP contribution in [0.15, 0.2) is 268 Å². The molecular formula is C66H84B2Ce2P4. The molecule has 0 saturated carbocycles. The molecule has 8 aromatic carbocycles. The van der Waals surface area contributed by atoms with E-state index in [1.807, 2.05) is 12.2 Å². The second kappa shape index (κ2) is 54.2. The molecule has 0 amide bonds. The van der Waals surface area contributed by atoms with Gasteiger partial charge in [0.25, 0.3) is 0 Å². The minimum Gasteiger partial charge on any atom is -0.103 e. The Morgan fingerprint density at radius 1 is 0.365 bits per heavy atom. The zero-order chi connectivity index (χ0) is 54.0. The standard InChI is InChI=1S/2C16H19P.2C12H11P.2C4H8.2CH4B.2Ce/c2*1-2-3-14-17(15-10-6-4-7-11-15)16-12-8-5-9-13-16;2*1-3-7-11(8-4-1)13-12-9-5-2-6-10-12;2*1-3-4-2;2*1-2;;/h2*4-13H,2-3,14H2,1H3;2*1-10,13H;2*3H,1,4H2,2H3;2*2H,1H3;;/i;;;;;;2*2T;;. The quantitative estimate of drug-likeness (QED) is 0.0514. The zero-order valence-electron chi connectivity index (χ0n) is 47.4. The van der Waals surface area contributed by atoms with Gasteiger partial charge in [-0.25, -0.2) is 0 Å². The van der Waals surface area contributed by atoms with E-state index in [-0.39, 0.29) is 99.3 Å². The van der Waals surface area contributed by atoms with Crippen LogP contribution in [0.5, 0.6) is 0 Å². The molecule has 0 fully saturated rings. The van der Waals surface area contributed by atoms with E-state index < -0.39 is 0 Å². The molecule has 8 heteroatoms. The normalized spacial score (nSPS) is 9.46. The van der Waals surface area contributed by atoms with Crippen molar-refractivity contribution in [3.63, 3.8) is 0 Å². The zero-order valence-corrected chi connectivity index (χ0v) is 55.4. The van der Waals surface area contributed by atoms with E-state index in [4.69, 9.17) is 2.67 Å². The number of hydrogen-bond acceptors (Lipinski definition) is 0. The second-order valence-corrected chi connectivity index (χ2v) is 22.9. The summed E-state index contributed by atoms with van der Waals surface area (Å²) in [5.74, 6) is 0. The van der Waals surface area contributed by atoms with Crippen molar-refractivity contribution in [3.8, 4) is 0 Å². The number of hydrogen-bond donors (Lipinski definition) is 0. The average Bonchev–Trinajstić information content (AvgIpc) is 3.47. The molecule has 74 heavy (non-hydrogen) atoms. The van der Waals surface area contributed by atoms with E-state index in [0.29, 0.717) is 0 Å². The molecule has 8 rings (SSSR count). The smallest absolute Gasteiger partial charge is 0.0823 e. The van der Waals surface area contributed by atoms with Crippen molar-refractivity contribution < 1.29 is 83.5 Å². The number of unbranched alkanes of at least 4 members (excludes halogenated alkanes) is 2. The first-order valence-electron chi connectivity index (χ1n) is 26.6. The summed E-state index contributed by atoms with van der Waals surface area (Å²) in [4.78, 5) is 0. The van der Waals surface area contributed by atoms with Crippen molar-refractivity contribution in [1.82, 2.24) is 0 Å². The molecule has 382 valence electrons. The molecule has 0 atom stereocenters. The van der Waals surface area contributed by atoms with Crippen molar-refractivity contribution in [1.29, 1.82) is 2.67 Å². The van der Waals surface area contributed by atoms with Crippen molar-refractivity contribution >= 4 is 91.1 Å².